The van der Waals surface area contributed by atoms with E-state index in [9.17, 15) is 0 Å². The summed E-state index contributed by atoms with van der Waals surface area (Å²) in [6, 6.07) is 62.0. The molecule has 230 valence electrons. The Balaban J connectivity index is 1.17. The van der Waals surface area contributed by atoms with Crippen LogP contribution in [0, 0.1) is 0 Å². The van der Waals surface area contributed by atoms with Gasteiger partial charge < -0.3 is 13.7 Å². The smallest absolute Gasteiger partial charge is 0.159 e. The highest BCUT2D eigenvalue weighted by Crippen LogP contribution is 2.46. The van der Waals surface area contributed by atoms with E-state index in [1.807, 2.05) is 12.1 Å². The largest absolute Gasteiger partial charge is 0.456 e. The third-order valence-corrected chi connectivity index (χ3v) is 9.67. The fourth-order valence-corrected chi connectivity index (χ4v) is 7.33. The standard InChI is InChI=1S/C46H29NO2/c1-2-11-31(12-3-1)35-14-6-8-18-41(35)47(42-19-10-17-38-39-27-23-32-13-4-5-15-36(32)45(39)49-46(38)42)34-25-21-30(22-26-34)33-24-28-44-40(29-33)37-16-7-9-20-43(37)48-44/h1-29H. The van der Waals surface area contributed by atoms with E-state index < -0.39 is 0 Å². The van der Waals surface area contributed by atoms with Gasteiger partial charge in [0.25, 0.3) is 0 Å². The fraction of sp³-hybridized carbons (Fsp3) is 0. The number of hydrogen-bond donors (Lipinski definition) is 0. The summed E-state index contributed by atoms with van der Waals surface area (Å²) in [5, 5.41) is 6.75. The molecule has 0 unspecified atom stereocenters. The van der Waals surface area contributed by atoms with E-state index in [2.05, 4.69) is 169 Å². The first-order valence-electron chi connectivity index (χ1n) is 16.6. The molecule has 8 aromatic carbocycles. The molecule has 0 amide bonds. The maximum Gasteiger partial charge on any atom is 0.159 e. The van der Waals surface area contributed by atoms with Crippen LogP contribution in [0.15, 0.2) is 185 Å². The van der Waals surface area contributed by atoms with Gasteiger partial charge in [-0.2, -0.15) is 0 Å². The Kier molecular flexibility index (Phi) is 6.18. The highest BCUT2D eigenvalue weighted by molar-refractivity contribution is 6.17. The topological polar surface area (TPSA) is 29.5 Å². The van der Waals surface area contributed by atoms with Gasteiger partial charge in [-0.05, 0) is 70.6 Å². The lowest BCUT2D eigenvalue weighted by molar-refractivity contribution is 0.669. The summed E-state index contributed by atoms with van der Waals surface area (Å²) in [6.07, 6.45) is 0. The van der Waals surface area contributed by atoms with Gasteiger partial charge in [-0.15, -0.1) is 0 Å². The summed E-state index contributed by atoms with van der Waals surface area (Å²) in [4.78, 5) is 2.34. The normalized spacial score (nSPS) is 11.7. The van der Waals surface area contributed by atoms with Crippen LogP contribution in [0.5, 0.6) is 0 Å². The third-order valence-electron chi connectivity index (χ3n) is 9.67. The zero-order chi connectivity index (χ0) is 32.3. The van der Waals surface area contributed by atoms with Crippen LogP contribution in [0.2, 0.25) is 0 Å². The molecule has 3 nitrogen and oxygen atoms in total. The Labute approximate surface area is 282 Å². The van der Waals surface area contributed by atoms with Crippen LogP contribution in [-0.2, 0) is 0 Å². The van der Waals surface area contributed by atoms with Gasteiger partial charge in [0.1, 0.15) is 16.7 Å². The summed E-state index contributed by atoms with van der Waals surface area (Å²) >= 11 is 0. The number of nitrogens with zero attached hydrogens (tertiary/aromatic N) is 1. The second-order valence-corrected chi connectivity index (χ2v) is 12.5. The van der Waals surface area contributed by atoms with E-state index >= 15 is 0 Å². The lowest BCUT2D eigenvalue weighted by atomic mass is 10.00. The van der Waals surface area contributed by atoms with E-state index in [-0.39, 0.29) is 0 Å². The molecule has 0 saturated carbocycles. The predicted molar refractivity (Wildman–Crippen MR) is 204 cm³/mol. The Hall–Kier alpha value is -6.58. The van der Waals surface area contributed by atoms with Crippen LogP contribution in [0.1, 0.15) is 0 Å². The molecule has 0 aliphatic rings. The summed E-state index contributed by atoms with van der Waals surface area (Å²) in [5.41, 5.74) is 11.3. The number of para-hydroxylation sites is 3. The minimum atomic E-state index is 0.859. The van der Waals surface area contributed by atoms with Gasteiger partial charge in [-0.3, -0.25) is 0 Å². The van der Waals surface area contributed by atoms with Gasteiger partial charge >= 0.3 is 0 Å². The van der Waals surface area contributed by atoms with Gasteiger partial charge in [0.05, 0.1) is 11.4 Å². The maximum atomic E-state index is 6.88. The molecule has 0 aliphatic carbocycles. The van der Waals surface area contributed by atoms with Crippen LogP contribution in [0.3, 0.4) is 0 Å². The Morgan fingerprint density at radius 1 is 0.347 bits per heavy atom. The SMILES string of the molecule is c1ccc(-c2ccccc2N(c2ccc(-c3ccc4oc5ccccc5c4c3)cc2)c2cccc3c2oc2c4ccccc4ccc32)cc1. The monoisotopic (exact) mass is 627 g/mol. The van der Waals surface area contributed by atoms with Crippen molar-refractivity contribution in [3.8, 4) is 22.3 Å². The van der Waals surface area contributed by atoms with Crippen molar-refractivity contribution in [2.45, 2.75) is 0 Å². The Morgan fingerprint density at radius 3 is 1.92 bits per heavy atom. The molecule has 2 aromatic heterocycles. The minimum Gasteiger partial charge on any atom is -0.456 e. The van der Waals surface area contributed by atoms with Crippen LogP contribution in [0.4, 0.5) is 17.1 Å². The molecule has 2 heterocycles. The van der Waals surface area contributed by atoms with Crippen molar-refractivity contribution in [2.24, 2.45) is 0 Å². The molecule has 3 heteroatoms. The summed E-state index contributed by atoms with van der Waals surface area (Å²) < 4.78 is 13.0. The van der Waals surface area contributed by atoms with Gasteiger partial charge in [0.15, 0.2) is 5.58 Å². The number of benzene rings is 8. The van der Waals surface area contributed by atoms with Crippen LogP contribution in [0.25, 0.3) is 76.9 Å². The molecule has 0 saturated heterocycles. The maximum absolute atomic E-state index is 6.88. The summed E-state index contributed by atoms with van der Waals surface area (Å²) in [5.74, 6) is 0. The van der Waals surface area contributed by atoms with Gasteiger partial charge in [-0.1, -0.05) is 127 Å². The highest BCUT2D eigenvalue weighted by Gasteiger charge is 2.22. The van der Waals surface area contributed by atoms with Crippen molar-refractivity contribution < 1.29 is 8.83 Å². The molecule has 49 heavy (non-hydrogen) atoms. The zero-order valence-electron chi connectivity index (χ0n) is 26.5. The van der Waals surface area contributed by atoms with Crippen LogP contribution >= 0.6 is 0 Å². The average Bonchev–Trinajstić information content (AvgIpc) is 3.75. The first-order chi connectivity index (χ1) is 24.3. The molecule has 10 aromatic rings. The quantitative estimate of drug-likeness (QED) is 0.190. The minimum absolute atomic E-state index is 0.859. The van der Waals surface area contributed by atoms with E-state index in [0.717, 1.165) is 88.6 Å². The van der Waals surface area contributed by atoms with E-state index in [1.165, 1.54) is 5.39 Å². The zero-order valence-corrected chi connectivity index (χ0v) is 26.5. The van der Waals surface area contributed by atoms with Crippen molar-refractivity contribution >= 4 is 71.7 Å². The van der Waals surface area contributed by atoms with Crippen molar-refractivity contribution in [3.05, 3.63) is 176 Å². The molecule has 0 bridgehead atoms. The predicted octanol–water partition coefficient (Wildman–Crippen LogP) is 13.4. The van der Waals surface area contributed by atoms with Crippen molar-refractivity contribution in [1.82, 2.24) is 0 Å². The fourth-order valence-electron chi connectivity index (χ4n) is 7.33. The molecule has 0 radical (unpaired) electrons. The van der Waals surface area contributed by atoms with Gasteiger partial charge in [0, 0.05) is 38.2 Å². The Morgan fingerprint density at radius 2 is 1.02 bits per heavy atom. The number of rotatable bonds is 5. The Bertz CT molecular complexity index is 2830. The number of fused-ring (bicyclic) bond motifs is 8. The lowest BCUT2D eigenvalue weighted by Crippen LogP contribution is -2.11. The summed E-state index contributed by atoms with van der Waals surface area (Å²) in [6.45, 7) is 0. The molecule has 0 N–H and O–H groups in total. The summed E-state index contributed by atoms with van der Waals surface area (Å²) in [7, 11) is 0. The van der Waals surface area contributed by atoms with Crippen molar-refractivity contribution in [2.75, 3.05) is 4.90 Å². The molecule has 10 rings (SSSR count). The van der Waals surface area contributed by atoms with E-state index in [1.54, 1.807) is 0 Å². The lowest BCUT2D eigenvalue weighted by Gasteiger charge is -2.28. The molecule has 0 aliphatic heterocycles. The number of hydrogen-bond acceptors (Lipinski definition) is 3. The van der Waals surface area contributed by atoms with Gasteiger partial charge in [0.2, 0.25) is 0 Å². The van der Waals surface area contributed by atoms with Crippen molar-refractivity contribution in [1.29, 1.82) is 0 Å². The average molecular weight is 628 g/mol. The molecule has 0 fully saturated rings. The molecular weight excluding hydrogens is 599 g/mol. The van der Waals surface area contributed by atoms with Crippen LogP contribution < -0.4 is 4.90 Å². The van der Waals surface area contributed by atoms with Crippen LogP contribution in [-0.4, -0.2) is 0 Å². The van der Waals surface area contributed by atoms with Crippen molar-refractivity contribution in [3.63, 3.8) is 0 Å². The number of furan rings is 2. The third kappa shape index (κ3) is 4.44. The van der Waals surface area contributed by atoms with E-state index in [4.69, 9.17) is 8.83 Å². The molecular formula is C46H29NO2. The second-order valence-electron chi connectivity index (χ2n) is 12.5. The second kappa shape index (κ2) is 11.0. The number of anilines is 3. The molecule has 0 atom stereocenters. The first-order valence-corrected chi connectivity index (χ1v) is 16.6. The molecule has 0 spiro atoms. The first kappa shape index (κ1) is 27.5. The highest BCUT2D eigenvalue weighted by atomic mass is 16.3. The van der Waals surface area contributed by atoms with E-state index in [0.29, 0.717) is 0 Å². The van der Waals surface area contributed by atoms with Gasteiger partial charge in [-0.25, -0.2) is 0 Å².